The Balaban J connectivity index is 0.000000302. The van der Waals surface area contributed by atoms with Crippen molar-refractivity contribution in [3.05, 3.63) is 35.9 Å². The molecule has 0 N–H and O–H groups in total. The molecule has 1 rings (SSSR count). The molecule has 0 bridgehead atoms. The predicted molar refractivity (Wildman–Crippen MR) is 53.7 cm³/mol. The summed E-state index contributed by atoms with van der Waals surface area (Å²) in [4.78, 5) is 10.0. The summed E-state index contributed by atoms with van der Waals surface area (Å²) in [5, 5.41) is 0. The van der Waals surface area contributed by atoms with Crippen molar-refractivity contribution in [2.45, 2.75) is 6.36 Å². The Morgan fingerprint density at radius 3 is 1.82 bits per heavy atom. The van der Waals surface area contributed by atoms with Crippen molar-refractivity contribution < 1.29 is 30.6 Å². The van der Waals surface area contributed by atoms with E-state index in [1.165, 1.54) is 0 Å². The van der Waals surface area contributed by atoms with Crippen LogP contribution in [-0.4, -0.2) is 21.1 Å². The van der Waals surface area contributed by atoms with E-state index in [2.05, 4.69) is 14.9 Å². The maximum Gasteiger partial charge on any atom is 0.538 e. The van der Waals surface area contributed by atoms with Gasteiger partial charge >= 0.3 is 15.7 Å². The summed E-state index contributed by atoms with van der Waals surface area (Å²) >= 11 is 0. The van der Waals surface area contributed by atoms with Gasteiger partial charge in [-0.15, -0.1) is 13.2 Å². The fraction of sp³-hybridized carbons (Fsp3) is 0.125. The molecule has 0 unspecified atom stereocenters. The summed E-state index contributed by atoms with van der Waals surface area (Å²) in [6.45, 7) is 0. The molecule has 0 heterocycles. The Bertz CT molecular complexity index is 444. The third-order valence-electron chi connectivity index (χ3n) is 1.13. The first kappa shape index (κ1) is 15.9. The lowest BCUT2D eigenvalue weighted by Crippen LogP contribution is -2.15. The van der Waals surface area contributed by atoms with Crippen LogP contribution >= 0.6 is 10.7 Å². The van der Waals surface area contributed by atoms with Crippen molar-refractivity contribution in [2.24, 2.45) is 0 Å². The normalized spacial score (nSPS) is 11.3. The lowest BCUT2D eigenvalue weighted by atomic mass is 10.2. The van der Waals surface area contributed by atoms with Crippen LogP contribution in [0.3, 0.4) is 0 Å². The highest BCUT2D eigenvalue weighted by atomic mass is 35.7. The summed E-state index contributed by atoms with van der Waals surface area (Å²) in [5.41, 5.74) is 0.729. The van der Waals surface area contributed by atoms with Gasteiger partial charge in [0.2, 0.25) is 0 Å². The maximum absolute atomic E-state index is 10.9. The lowest BCUT2D eigenvalue weighted by molar-refractivity contribution is -0.270. The molecule has 0 amide bonds. The van der Waals surface area contributed by atoms with E-state index in [1.54, 1.807) is 12.1 Å². The largest absolute Gasteiger partial charge is 0.538 e. The molecule has 0 saturated carbocycles. The molecule has 0 atom stereocenters. The van der Waals surface area contributed by atoms with E-state index < -0.39 is 15.7 Å². The van der Waals surface area contributed by atoms with Gasteiger partial charge in [0.1, 0.15) is 6.29 Å². The van der Waals surface area contributed by atoms with Crippen molar-refractivity contribution in [3.8, 4) is 0 Å². The van der Waals surface area contributed by atoms with Gasteiger partial charge in [0, 0.05) is 16.2 Å². The molecule has 9 heteroatoms. The van der Waals surface area contributed by atoms with E-state index in [4.69, 9.17) is 0 Å². The standard InChI is InChI=1S/C7H6O.CClF3O3S/c8-6-7-4-2-1-3-5-7;2-9(6,7)8-1(3,4)5/h1-6H;. The fourth-order valence-electron chi connectivity index (χ4n) is 0.644. The van der Waals surface area contributed by atoms with Crippen LogP contribution < -0.4 is 0 Å². The molecule has 17 heavy (non-hydrogen) atoms. The summed E-state index contributed by atoms with van der Waals surface area (Å²) in [6, 6.07) is 9.10. The SMILES string of the molecule is O=Cc1ccccc1.O=S(=O)(Cl)OC(F)(F)F. The van der Waals surface area contributed by atoms with Gasteiger partial charge in [0.25, 0.3) is 0 Å². The number of rotatable bonds is 2. The first-order chi connectivity index (χ1) is 7.64. The molecule has 0 radical (unpaired) electrons. The van der Waals surface area contributed by atoms with Crippen molar-refractivity contribution >= 4 is 26.3 Å². The first-order valence-corrected chi connectivity index (χ1v) is 6.09. The van der Waals surface area contributed by atoms with Crippen molar-refractivity contribution in [3.63, 3.8) is 0 Å². The number of aldehydes is 1. The molecular weight excluding hydrogens is 285 g/mol. The third kappa shape index (κ3) is 11.1. The number of halogens is 4. The summed E-state index contributed by atoms with van der Waals surface area (Å²) in [7, 11) is -0.887. The Morgan fingerprint density at radius 1 is 1.18 bits per heavy atom. The average Bonchev–Trinajstić information content (AvgIpc) is 2.14. The molecule has 0 fully saturated rings. The number of carbonyl (C=O) groups excluding carboxylic acids is 1. The van der Waals surface area contributed by atoms with E-state index >= 15 is 0 Å². The average molecular weight is 291 g/mol. The van der Waals surface area contributed by atoms with Crippen LogP contribution in [0.4, 0.5) is 13.2 Å². The topological polar surface area (TPSA) is 60.4 Å². The minimum absolute atomic E-state index is 0.729. The number of carbonyl (C=O) groups is 1. The monoisotopic (exact) mass is 290 g/mol. The second-order valence-electron chi connectivity index (χ2n) is 2.45. The zero-order chi connectivity index (χ0) is 13.5. The van der Waals surface area contributed by atoms with Crippen molar-refractivity contribution in [1.29, 1.82) is 0 Å². The summed E-state index contributed by atoms with van der Waals surface area (Å²) in [5.74, 6) is 0. The van der Waals surface area contributed by atoms with Gasteiger partial charge in [-0.25, -0.2) is 0 Å². The highest BCUT2D eigenvalue weighted by Crippen LogP contribution is 2.20. The zero-order valence-corrected chi connectivity index (χ0v) is 9.59. The number of hydrogen-bond acceptors (Lipinski definition) is 4. The Kier molecular flexibility index (Phi) is 6.14. The maximum atomic E-state index is 10.9. The van der Waals surface area contributed by atoms with Gasteiger partial charge in [-0.05, 0) is 0 Å². The lowest BCUT2D eigenvalue weighted by Gasteiger charge is -2.00. The van der Waals surface area contributed by atoms with Gasteiger partial charge in [-0.1, -0.05) is 30.3 Å². The first-order valence-electron chi connectivity index (χ1n) is 3.86. The molecule has 0 aliphatic heterocycles. The van der Waals surface area contributed by atoms with Gasteiger partial charge < -0.3 is 0 Å². The van der Waals surface area contributed by atoms with Crippen LogP contribution in [0.15, 0.2) is 30.3 Å². The molecule has 0 saturated heterocycles. The van der Waals surface area contributed by atoms with Gasteiger partial charge in [0.05, 0.1) is 0 Å². The van der Waals surface area contributed by atoms with E-state index in [-0.39, 0.29) is 0 Å². The summed E-state index contributed by atoms with van der Waals surface area (Å²) in [6.07, 6.45) is -4.40. The van der Waals surface area contributed by atoms with Crippen LogP contribution in [0.25, 0.3) is 0 Å². The number of benzene rings is 1. The van der Waals surface area contributed by atoms with E-state index in [9.17, 15) is 26.4 Å². The number of alkyl halides is 3. The molecule has 1 aromatic carbocycles. The molecule has 0 aliphatic carbocycles. The van der Waals surface area contributed by atoms with Gasteiger partial charge in [-0.2, -0.15) is 12.6 Å². The Labute approximate surface area is 99.6 Å². The second-order valence-corrected chi connectivity index (χ2v) is 4.54. The van der Waals surface area contributed by atoms with Crippen LogP contribution in [-0.2, 0) is 13.5 Å². The van der Waals surface area contributed by atoms with Crippen LogP contribution in [0.5, 0.6) is 0 Å². The van der Waals surface area contributed by atoms with E-state index in [0.717, 1.165) is 11.8 Å². The minimum Gasteiger partial charge on any atom is -0.298 e. The quantitative estimate of drug-likeness (QED) is 0.620. The Hall–Kier alpha value is -1.12. The van der Waals surface area contributed by atoms with Crippen molar-refractivity contribution in [2.75, 3.05) is 0 Å². The molecule has 96 valence electrons. The molecule has 0 aliphatic rings. The van der Waals surface area contributed by atoms with Gasteiger partial charge in [-0.3, -0.25) is 4.79 Å². The second kappa shape index (κ2) is 6.58. The highest BCUT2D eigenvalue weighted by Gasteiger charge is 2.35. The molecule has 0 aromatic heterocycles. The van der Waals surface area contributed by atoms with Crippen LogP contribution in [0.2, 0.25) is 0 Å². The molecular formula is C8H6ClF3O4S. The zero-order valence-electron chi connectivity index (χ0n) is 8.02. The van der Waals surface area contributed by atoms with Crippen LogP contribution in [0.1, 0.15) is 10.4 Å². The predicted octanol–water partition coefficient (Wildman–Crippen LogP) is 2.51. The smallest absolute Gasteiger partial charge is 0.298 e. The third-order valence-corrected chi connectivity index (χ3v) is 1.71. The number of hydrogen-bond donors (Lipinski definition) is 0. The Morgan fingerprint density at radius 2 is 1.65 bits per heavy atom. The molecule has 1 aromatic rings. The fourth-order valence-corrected chi connectivity index (χ4v) is 1.08. The summed E-state index contributed by atoms with van der Waals surface area (Å²) < 4.78 is 53.9. The molecule has 0 spiro atoms. The van der Waals surface area contributed by atoms with Crippen LogP contribution in [0, 0.1) is 0 Å². The van der Waals surface area contributed by atoms with E-state index in [0.29, 0.717) is 0 Å². The minimum atomic E-state index is -5.24. The van der Waals surface area contributed by atoms with E-state index in [1.807, 2.05) is 18.2 Å². The molecule has 4 nitrogen and oxygen atoms in total. The van der Waals surface area contributed by atoms with Crippen molar-refractivity contribution in [1.82, 2.24) is 0 Å². The van der Waals surface area contributed by atoms with Gasteiger partial charge in [0.15, 0.2) is 0 Å². The highest BCUT2D eigenvalue weighted by molar-refractivity contribution is 8.10.